The van der Waals surface area contributed by atoms with Crippen LogP contribution in [0, 0.1) is 13.8 Å². The molecule has 0 unspecified atom stereocenters. The second-order valence-corrected chi connectivity index (χ2v) is 6.69. The molecule has 1 atom stereocenters. The molecule has 0 aromatic carbocycles. The standard InChI is InChI=1S/C18H29N5/c1-4-18-20-14(2)17(21-18)13-23-10-6-5-7-16(23)8-11-22-12-9-19-15(22)3/h9,12,16H,4-8,10-11,13H2,1-3H3,(H,20,21)/t16-/m0/s1. The first kappa shape index (κ1) is 16.2. The maximum Gasteiger partial charge on any atom is 0.106 e. The third-order valence-corrected chi connectivity index (χ3v) is 5.10. The van der Waals surface area contributed by atoms with Crippen molar-refractivity contribution in [3.8, 4) is 0 Å². The summed E-state index contributed by atoms with van der Waals surface area (Å²) in [5, 5.41) is 0. The van der Waals surface area contributed by atoms with Crippen molar-refractivity contribution in [1.29, 1.82) is 0 Å². The number of imidazole rings is 2. The summed E-state index contributed by atoms with van der Waals surface area (Å²) in [7, 11) is 0. The van der Waals surface area contributed by atoms with Crippen molar-refractivity contribution in [3.05, 3.63) is 35.4 Å². The Morgan fingerprint density at radius 3 is 2.87 bits per heavy atom. The lowest BCUT2D eigenvalue weighted by Gasteiger charge is -2.35. The Kier molecular flexibility index (Phi) is 5.16. The molecule has 2 aromatic heterocycles. The van der Waals surface area contributed by atoms with Gasteiger partial charge in [-0.15, -0.1) is 0 Å². The molecule has 1 N–H and O–H groups in total. The molecule has 0 radical (unpaired) electrons. The van der Waals surface area contributed by atoms with E-state index < -0.39 is 0 Å². The first-order chi connectivity index (χ1) is 11.2. The van der Waals surface area contributed by atoms with Gasteiger partial charge < -0.3 is 9.55 Å². The molecule has 3 heterocycles. The van der Waals surface area contributed by atoms with Gasteiger partial charge in [-0.25, -0.2) is 9.97 Å². The average Bonchev–Trinajstić information content (AvgIpc) is 3.12. The molecule has 0 spiro atoms. The highest BCUT2D eigenvalue weighted by molar-refractivity contribution is 5.13. The van der Waals surface area contributed by atoms with Gasteiger partial charge in [-0.2, -0.15) is 0 Å². The average molecular weight is 315 g/mol. The Labute approximate surface area is 139 Å². The van der Waals surface area contributed by atoms with Crippen LogP contribution in [-0.4, -0.2) is 37.0 Å². The number of aromatic nitrogens is 4. The molecule has 3 rings (SSSR count). The summed E-state index contributed by atoms with van der Waals surface area (Å²) in [6, 6.07) is 0.659. The summed E-state index contributed by atoms with van der Waals surface area (Å²) in [6.45, 7) is 9.62. The van der Waals surface area contributed by atoms with Gasteiger partial charge in [0.25, 0.3) is 0 Å². The van der Waals surface area contributed by atoms with Crippen molar-refractivity contribution < 1.29 is 0 Å². The molecule has 5 heteroatoms. The molecule has 1 aliphatic heterocycles. The van der Waals surface area contributed by atoms with Crippen molar-refractivity contribution >= 4 is 0 Å². The highest BCUT2D eigenvalue weighted by atomic mass is 15.2. The van der Waals surface area contributed by atoms with Crippen molar-refractivity contribution in [2.45, 2.75) is 72.0 Å². The van der Waals surface area contributed by atoms with Crippen molar-refractivity contribution in [2.24, 2.45) is 0 Å². The minimum absolute atomic E-state index is 0.659. The number of piperidine rings is 1. The molecule has 1 fully saturated rings. The van der Waals surface area contributed by atoms with E-state index in [-0.39, 0.29) is 0 Å². The second-order valence-electron chi connectivity index (χ2n) is 6.69. The van der Waals surface area contributed by atoms with Crippen LogP contribution in [-0.2, 0) is 19.5 Å². The van der Waals surface area contributed by atoms with E-state index in [0.29, 0.717) is 6.04 Å². The van der Waals surface area contributed by atoms with Gasteiger partial charge in [-0.05, 0) is 39.7 Å². The van der Waals surface area contributed by atoms with Gasteiger partial charge in [0.1, 0.15) is 11.6 Å². The number of rotatable bonds is 6. The van der Waals surface area contributed by atoms with E-state index in [1.54, 1.807) is 0 Å². The lowest BCUT2D eigenvalue weighted by molar-refractivity contribution is 0.126. The molecule has 0 amide bonds. The van der Waals surface area contributed by atoms with Crippen LogP contribution in [0.3, 0.4) is 0 Å². The summed E-state index contributed by atoms with van der Waals surface area (Å²) in [6.07, 6.45) is 10.1. The molecular weight excluding hydrogens is 286 g/mol. The number of aryl methyl sites for hydroxylation is 4. The third kappa shape index (κ3) is 3.83. The van der Waals surface area contributed by atoms with E-state index in [1.165, 1.54) is 43.6 Å². The van der Waals surface area contributed by atoms with Crippen molar-refractivity contribution in [2.75, 3.05) is 6.54 Å². The fourth-order valence-corrected chi connectivity index (χ4v) is 3.60. The van der Waals surface area contributed by atoms with Crippen LogP contribution in [0.2, 0.25) is 0 Å². The van der Waals surface area contributed by atoms with Gasteiger partial charge in [-0.3, -0.25) is 4.90 Å². The third-order valence-electron chi connectivity index (χ3n) is 5.10. The van der Waals surface area contributed by atoms with Crippen LogP contribution < -0.4 is 0 Å². The monoisotopic (exact) mass is 315 g/mol. The second kappa shape index (κ2) is 7.30. The maximum absolute atomic E-state index is 4.77. The summed E-state index contributed by atoms with van der Waals surface area (Å²) < 4.78 is 2.27. The van der Waals surface area contributed by atoms with Gasteiger partial charge in [0.05, 0.1) is 5.69 Å². The largest absolute Gasteiger partial charge is 0.346 e. The van der Waals surface area contributed by atoms with Crippen LogP contribution in [0.4, 0.5) is 0 Å². The minimum Gasteiger partial charge on any atom is -0.346 e. The molecule has 23 heavy (non-hydrogen) atoms. The predicted molar refractivity (Wildman–Crippen MR) is 92.3 cm³/mol. The number of hydrogen-bond donors (Lipinski definition) is 1. The zero-order chi connectivity index (χ0) is 16.2. The molecular formula is C18H29N5. The highest BCUT2D eigenvalue weighted by Crippen LogP contribution is 2.23. The smallest absolute Gasteiger partial charge is 0.106 e. The summed E-state index contributed by atoms with van der Waals surface area (Å²) in [4.78, 5) is 15.1. The number of nitrogens with zero attached hydrogens (tertiary/aromatic N) is 4. The quantitative estimate of drug-likeness (QED) is 0.890. The summed E-state index contributed by atoms with van der Waals surface area (Å²) in [5.74, 6) is 2.23. The van der Waals surface area contributed by atoms with E-state index in [1.807, 2.05) is 6.20 Å². The number of nitrogens with one attached hydrogen (secondary N) is 1. The number of likely N-dealkylation sites (tertiary alicyclic amines) is 1. The molecule has 0 saturated carbocycles. The molecule has 1 saturated heterocycles. The fraction of sp³-hybridized carbons (Fsp3) is 0.667. The Bertz CT molecular complexity index is 627. The van der Waals surface area contributed by atoms with Crippen molar-refractivity contribution in [3.63, 3.8) is 0 Å². The van der Waals surface area contributed by atoms with Crippen LogP contribution in [0.25, 0.3) is 0 Å². The Morgan fingerprint density at radius 2 is 2.17 bits per heavy atom. The first-order valence-electron chi connectivity index (χ1n) is 8.93. The normalized spacial score (nSPS) is 19.3. The van der Waals surface area contributed by atoms with Crippen LogP contribution in [0.15, 0.2) is 12.4 Å². The molecule has 1 aliphatic rings. The SMILES string of the molecule is CCc1nc(CN2CCCC[C@H]2CCn2ccnc2C)c(C)[nH]1. The molecule has 2 aromatic rings. The van der Waals surface area contributed by atoms with Crippen LogP contribution in [0.1, 0.15) is 55.6 Å². The molecule has 0 aliphatic carbocycles. The van der Waals surface area contributed by atoms with Gasteiger partial charge in [0.15, 0.2) is 0 Å². The van der Waals surface area contributed by atoms with Crippen LogP contribution >= 0.6 is 0 Å². The van der Waals surface area contributed by atoms with Crippen LogP contribution in [0.5, 0.6) is 0 Å². The highest BCUT2D eigenvalue weighted by Gasteiger charge is 2.23. The first-order valence-corrected chi connectivity index (χ1v) is 8.93. The summed E-state index contributed by atoms with van der Waals surface area (Å²) >= 11 is 0. The Hall–Kier alpha value is -1.62. The van der Waals surface area contributed by atoms with E-state index in [4.69, 9.17) is 4.98 Å². The van der Waals surface area contributed by atoms with E-state index >= 15 is 0 Å². The lowest BCUT2D eigenvalue weighted by Crippen LogP contribution is -2.39. The fourth-order valence-electron chi connectivity index (χ4n) is 3.60. The number of H-pyrrole nitrogens is 1. The van der Waals surface area contributed by atoms with Gasteiger partial charge in [0, 0.05) is 43.6 Å². The van der Waals surface area contributed by atoms with E-state index in [0.717, 1.165) is 31.2 Å². The summed E-state index contributed by atoms with van der Waals surface area (Å²) in [5.41, 5.74) is 2.46. The number of hydrogen-bond acceptors (Lipinski definition) is 3. The number of aromatic amines is 1. The maximum atomic E-state index is 4.77. The van der Waals surface area contributed by atoms with Gasteiger partial charge >= 0.3 is 0 Å². The van der Waals surface area contributed by atoms with Gasteiger partial charge in [-0.1, -0.05) is 13.3 Å². The zero-order valence-electron chi connectivity index (χ0n) is 14.7. The van der Waals surface area contributed by atoms with E-state index in [9.17, 15) is 0 Å². The van der Waals surface area contributed by atoms with Crippen molar-refractivity contribution in [1.82, 2.24) is 24.4 Å². The minimum atomic E-state index is 0.659. The Morgan fingerprint density at radius 1 is 1.30 bits per heavy atom. The topological polar surface area (TPSA) is 49.7 Å². The zero-order valence-corrected chi connectivity index (χ0v) is 14.7. The lowest BCUT2D eigenvalue weighted by atomic mass is 9.99. The molecule has 0 bridgehead atoms. The molecule has 5 nitrogen and oxygen atoms in total. The predicted octanol–water partition coefficient (Wildman–Crippen LogP) is 3.23. The van der Waals surface area contributed by atoms with E-state index in [2.05, 4.69) is 46.4 Å². The Balaban J connectivity index is 1.63. The molecule has 126 valence electrons. The van der Waals surface area contributed by atoms with Gasteiger partial charge in [0.2, 0.25) is 0 Å².